The molecule has 20 heavy (non-hydrogen) atoms. The normalized spacial score (nSPS) is 22.6. The lowest BCUT2D eigenvalue weighted by atomic mass is 10.0. The van der Waals surface area contributed by atoms with Gasteiger partial charge < -0.3 is 15.4 Å². The van der Waals surface area contributed by atoms with Crippen molar-refractivity contribution < 1.29 is 4.74 Å². The molecule has 0 radical (unpaired) electrons. The fraction of sp³-hybridized carbons (Fsp3) is 0.733. The van der Waals surface area contributed by atoms with Gasteiger partial charge in [0.1, 0.15) is 17.5 Å². The Balaban J connectivity index is 2.05. The first kappa shape index (κ1) is 15.0. The predicted octanol–water partition coefficient (Wildman–Crippen LogP) is 2.84. The number of hydrogen-bond donors (Lipinski definition) is 2. The molecule has 2 atom stereocenters. The summed E-state index contributed by atoms with van der Waals surface area (Å²) in [5, 5.41) is 6.87. The Morgan fingerprint density at radius 1 is 1.30 bits per heavy atom. The molecule has 0 spiro atoms. The molecule has 1 aliphatic heterocycles. The summed E-state index contributed by atoms with van der Waals surface area (Å²) in [6.07, 6.45) is 4.33. The van der Waals surface area contributed by atoms with Crippen molar-refractivity contribution >= 4 is 11.6 Å². The van der Waals surface area contributed by atoms with E-state index in [1.165, 1.54) is 0 Å². The van der Waals surface area contributed by atoms with Crippen LogP contribution in [-0.4, -0.2) is 35.3 Å². The van der Waals surface area contributed by atoms with Crippen LogP contribution in [0.5, 0.6) is 0 Å². The molecule has 0 amide bonds. The van der Waals surface area contributed by atoms with Crippen LogP contribution in [0.4, 0.5) is 11.6 Å². The van der Waals surface area contributed by atoms with Crippen LogP contribution in [0.2, 0.25) is 0 Å². The van der Waals surface area contributed by atoms with Crippen LogP contribution in [0.25, 0.3) is 0 Å². The van der Waals surface area contributed by atoms with Crippen molar-refractivity contribution in [3.8, 4) is 0 Å². The van der Waals surface area contributed by atoms with Gasteiger partial charge in [-0.2, -0.15) is 0 Å². The van der Waals surface area contributed by atoms with E-state index in [9.17, 15) is 0 Å². The van der Waals surface area contributed by atoms with Gasteiger partial charge in [0.2, 0.25) is 0 Å². The fourth-order valence-electron chi connectivity index (χ4n) is 2.41. The maximum absolute atomic E-state index is 5.58. The molecule has 1 aromatic heterocycles. The van der Waals surface area contributed by atoms with E-state index in [4.69, 9.17) is 4.74 Å². The number of rotatable bonds is 6. The number of aryl methyl sites for hydroxylation is 1. The van der Waals surface area contributed by atoms with Crippen LogP contribution in [0.3, 0.4) is 0 Å². The quantitative estimate of drug-likeness (QED) is 0.838. The molecule has 112 valence electrons. The van der Waals surface area contributed by atoms with Crippen LogP contribution in [0.15, 0.2) is 6.07 Å². The Morgan fingerprint density at radius 3 is 2.80 bits per heavy atom. The van der Waals surface area contributed by atoms with Crippen molar-refractivity contribution in [1.82, 2.24) is 9.97 Å². The van der Waals surface area contributed by atoms with Crippen LogP contribution in [-0.2, 0) is 11.2 Å². The lowest BCUT2D eigenvalue weighted by Crippen LogP contribution is -2.32. The van der Waals surface area contributed by atoms with Gasteiger partial charge in [-0.1, -0.05) is 13.8 Å². The van der Waals surface area contributed by atoms with Crippen molar-refractivity contribution in [1.29, 1.82) is 0 Å². The third kappa shape index (κ3) is 4.34. The Labute approximate surface area is 121 Å². The molecule has 2 unspecified atom stereocenters. The number of anilines is 2. The first-order valence-electron chi connectivity index (χ1n) is 7.71. The van der Waals surface area contributed by atoms with Gasteiger partial charge in [-0.25, -0.2) is 9.97 Å². The SMILES string of the molecule is CCCNc1cc(NC2CCOC(C)C2)nc(CC)n1. The molecule has 1 aromatic rings. The van der Waals surface area contributed by atoms with Gasteiger partial charge in [-0.15, -0.1) is 0 Å². The zero-order valence-corrected chi connectivity index (χ0v) is 12.8. The average molecular weight is 278 g/mol. The van der Waals surface area contributed by atoms with Gasteiger partial charge in [0.05, 0.1) is 6.10 Å². The van der Waals surface area contributed by atoms with Crippen LogP contribution < -0.4 is 10.6 Å². The van der Waals surface area contributed by atoms with Crippen molar-refractivity contribution in [3.05, 3.63) is 11.9 Å². The fourth-order valence-corrected chi connectivity index (χ4v) is 2.41. The summed E-state index contributed by atoms with van der Waals surface area (Å²) < 4.78 is 5.58. The topological polar surface area (TPSA) is 59.1 Å². The van der Waals surface area contributed by atoms with E-state index in [1.807, 2.05) is 6.07 Å². The molecule has 1 fully saturated rings. The molecule has 5 nitrogen and oxygen atoms in total. The van der Waals surface area contributed by atoms with Gasteiger partial charge in [0.25, 0.3) is 0 Å². The predicted molar refractivity (Wildman–Crippen MR) is 82.2 cm³/mol. The third-order valence-corrected chi connectivity index (χ3v) is 3.48. The lowest BCUT2D eigenvalue weighted by molar-refractivity contribution is 0.0232. The van der Waals surface area contributed by atoms with Crippen LogP contribution >= 0.6 is 0 Å². The first-order chi connectivity index (χ1) is 9.71. The summed E-state index contributed by atoms with van der Waals surface area (Å²) in [6.45, 7) is 8.12. The van der Waals surface area contributed by atoms with E-state index < -0.39 is 0 Å². The smallest absolute Gasteiger partial charge is 0.132 e. The summed E-state index contributed by atoms with van der Waals surface area (Å²) in [6, 6.07) is 2.45. The van der Waals surface area contributed by atoms with Crippen LogP contribution in [0, 0.1) is 0 Å². The molecule has 0 aliphatic carbocycles. The molecule has 2 N–H and O–H groups in total. The number of hydrogen-bond acceptors (Lipinski definition) is 5. The Hall–Kier alpha value is -1.36. The molecule has 0 bridgehead atoms. The molecule has 0 aromatic carbocycles. The van der Waals surface area contributed by atoms with Gasteiger partial charge in [0.15, 0.2) is 0 Å². The van der Waals surface area contributed by atoms with Gasteiger partial charge in [0, 0.05) is 31.7 Å². The number of nitrogens with zero attached hydrogens (tertiary/aromatic N) is 2. The first-order valence-corrected chi connectivity index (χ1v) is 7.71. The lowest BCUT2D eigenvalue weighted by Gasteiger charge is -2.28. The number of ether oxygens (including phenoxy) is 1. The Bertz CT molecular complexity index is 424. The van der Waals surface area contributed by atoms with Crippen molar-refractivity contribution in [2.75, 3.05) is 23.8 Å². The summed E-state index contributed by atoms with van der Waals surface area (Å²) in [5.41, 5.74) is 0. The van der Waals surface area contributed by atoms with E-state index in [-0.39, 0.29) is 0 Å². The van der Waals surface area contributed by atoms with Crippen molar-refractivity contribution in [3.63, 3.8) is 0 Å². The maximum Gasteiger partial charge on any atom is 0.132 e. The summed E-state index contributed by atoms with van der Waals surface area (Å²) >= 11 is 0. The molecule has 1 aliphatic rings. The summed E-state index contributed by atoms with van der Waals surface area (Å²) in [7, 11) is 0. The minimum atomic E-state index is 0.325. The molecule has 2 rings (SSSR count). The average Bonchev–Trinajstić information content (AvgIpc) is 2.45. The molecule has 1 saturated heterocycles. The molecule has 2 heterocycles. The van der Waals surface area contributed by atoms with E-state index in [2.05, 4.69) is 41.4 Å². The third-order valence-electron chi connectivity index (χ3n) is 3.48. The highest BCUT2D eigenvalue weighted by molar-refractivity contribution is 5.48. The highest BCUT2D eigenvalue weighted by Gasteiger charge is 2.19. The van der Waals surface area contributed by atoms with E-state index in [0.717, 1.165) is 56.3 Å². The van der Waals surface area contributed by atoms with Crippen LogP contribution in [0.1, 0.15) is 45.9 Å². The van der Waals surface area contributed by atoms with Gasteiger partial charge in [-0.3, -0.25) is 0 Å². The zero-order valence-electron chi connectivity index (χ0n) is 12.8. The monoisotopic (exact) mass is 278 g/mol. The molecular weight excluding hydrogens is 252 g/mol. The standard InChI is InChI=1S/C15H26N4O/c1-4-7-16-14-10-15(19-13(5-2)18-14)17-12-6-8-20-11(3)9-12/h10-12H,4-9H2,1-3H3,(H2,16,17,18,19). The molecular formula is C15H26N4O. The second kappa shape index (κ2) is 7.43. The highest BCUT2D eigenvalue weighted by atomic mass is 16.5. The number of nitrogens with one attached hydrogen (secondary N) is 2. The molecule has 5 heteroatoms. The number of aromatic nitrogens is 2. The van der Waals surface area contributed by atoms with Gasteiger partial charge >= 0.3 is 0 Å². The molecule has 0 saturated carbocycles. The second-order valence-electron chi connectivity index (χ2n) is 5.38. The Morgan fingerprint density at radius 2 is 2.10 bits per heavy atom. The highest BCUT2D eigenvalue weighted by Crippen LogP contribution is 2.19. The van der Waals surface area contributed by atoms with E-state index in [1.54, 1.807) is 0 Å². The second-order valence-corrected chi connectivity index (χ2v) is 5.38. The van der Waals surface area contributed by atoms with E-state index >= 15 is 0 Å². The minimum absolute atomic E-state index is 0.325. The van der Waals surface area contributed by atoms with Crippen molar-refractivity contribution in [2.45, 2.75) is 58.6 Å². The minimum Gasteiger partial charge on any atom is -0.378 e. The largest absolute Gasteiger partial charge is 0.378 e. The van der Waals surface area contributed by atoms with E-state index in [0.29, 0.717) is 12.1 Å². The Kier molecular flexibility index (Phi) is 5.59. The summed E-state index contributed by atoms with van der Waals surface area (Å²) in [4.78, 5) is 9.09. The van der Waals surface area contributed by atoms with Gasteiger partial charge in [-0.05, 0) is 26.2 Å². The van der Waals surface area contributed by atoms with Crippen molar-refractivity contribution in [2.24, 2.45) is 0 Å². The summed E-state index contributed by atoms with van der Waals surface area (Å²) in [5.74, 6) is 2.73. The zero-order chi connectivity index (χ0) is 14.4. The maximum atomic E-state index is 5.58.